The van der Waals surface area contributed by atoms with Crippen molar-refractivity contribution < 1.29 is 4.74 Å². The van der Waals surface area contributed by atoms with Gasteiger partial charge in [0.05, 0.1) is 12.1 Å². The molecule has 1 N–H and O–H groups in total. The quantitative estimate of drug-likeness (QED) is 0.806. The zero-order valence-corrected chi connectivity index (χ0v) is 12.8. The highest BCUT2D eigenvalue weighted by molar-refractivity contribution is 14.1. The van der Waals surface area contributed by atoms with Gasteiger partial charge in [0, 0.05) is 21.4 Å². The minimum atomic E-state index is 0.329. The molecule has 4 heteroatoms. The van der Waals surface area contributed by atoms with Crippen molar-refractivity contribution in [1.29, 1.82) is 0 Å². The van der Waals surface area contributed by atoms with Gasteiger partial charge in [-0.25, -0.2) is 0 Å². The Morgan fingerprint density at radius 3 is 2.82 bits per heavy atom. The molecule has 2 unspecified atom stereocenters. The number of ether oxygens (including phenoxy) is 1. The van der Waals surface area contributed by atoms with Gasteiger partial charge in [-0.15, -0.1) is 0 Å². The van der Waals surface area contributed by atoms with Gasteiger partial charge in [0.25, 0.3) is 0 Å². The molecule has 0 bridgehead atoms. The molecule has 0 heterocycles. The Morgan fingerprint density at radius 1 is 1.35 bits per heavy atom. The Balaban J connectivity index is 2.08. The first kappa shape index (κ1) is 13.4. The molecule has 1 saturated carbocycles. The summed E-state index contributed by atoms with van der Waals surface area (Å²) in [5, 5.41) is 4.37. The molecule has 0 spiro atoms. The summed E-state index contributed by atoms with van der Waals surface area (Å²) < 4.78 is 6.71. The second kappa shape index (κ2) is 6.25. The van der Waals surface area contributed by atoms with Crippen LogP contribution in [0.5, 0.6) is 0 Å². The molecule has 1 aliphatic rings. The van der Waals surface area contributed by atoms with E-state index in [0.717, 1.165) is 20.7 Å². The minimum absolute atomic E-state index is 0.329. The van der Waals surface area contributed by atoms with E-state index in [4.69, 9.17) is 16.3 Å². The predicted molar refractivity (Wildman–Crippen MR) is 80.8 cm³/mol. The van der Waals surface area contributed by atoms with E-state index in [2.05, 4.69) is 27.9 Å². The summed E-state index contributed by atoms with van der Waals surface area (Å²) in [6.45, 7) is 0. The standard InChI is InChI=1S/C13H17ClINO/c1-17-13-5-3-2-4-12(13)16-11-7-6-9(14)8-10(11)15/h6-8,12-13,16H,2-5H2,1H3. The van der Waals surface area contributed by atoms with Crippen LogP contribution in [0.2, 0.25) is 5.02 Å². The van der Waals surface area contributed by atoms with E-state index >= 15 is 0 Å². The van der Waals surface area contributed by atoms with Crippen molar-refractivity contribution in [2.24, 2.45) is 0 Å². The van der Waals surface area contributed by atoms with Crippen LogP contribution in [0.15, 0.2) is 18.2 Å². The van der Waals surface area contributed by atoms with Crippen molar-refractivity contribution >= 4 is 39.9 Å². The first-order chi connectivity index (χ1) is 8.20. The lowest BCUT2D eigenvalue weighted by Gasteiger charge is -2.32. The molecule has 0 aromatic heterocycles. The van der Waals surface area contributed by atoms with Crippen LogP contribution in [-0.4, -0.2) is 19.3 Å². The predicted octanol–water partition coefficient (Wildman–Crippen LogP) is 4.31. The molecular formula is C13H17ClINO. The second-order valence-corrected chi connectivity index (χ2v) is 6.03. The molecule has 0 amide bonds. The summed E-state index contributed by atoms with van der Waals surface area (Å²) in [7, 11) is 1.80. The molecule has 0 aliphatic heterocycles. The lowest BCUT2D eigenvalue weighted by atomic mass is 9.92. The Hall–Kier alpha value is -0.000000000000000111. The summed E-state index contributed by atoms with van der Waals surface area (Å²) in [6, 6.07) is 6.38. The molecule has 17 heavy (non-hydrogen) atoms. The molecule has 1 aliphatic carbocycles. The van der Waals surface area contributed by atoms with Gasteiger partial charge in [-0.1, -0.05) is 24.4 Å². The van der Waals surface area contributed by atoms with E-state index in [0.29, 0.717) is 12.1 Å². The highest BCUT2D eigenvalue weighted by Gasteiger charge is 2.25. The maximum atomic E-state index is 5.96. The third kappa shape index (κ3) is 3.48. The van der Waals surface area contributed by atoms with Gasteiger partial charge in [-0.3, -0.25) is 0 Å². The van der Waals surface area contributed by atoms with Gasteiger partial charge in [-0.2, -0.15) is 0 Å². The van der Waals surface area contributed by atoms with Gasteiger partial charge >= 0.3 is 0 Å². The van der Waals surface area contributed by atoms with E-state index in [1.54, 1.807) is 7.11 Å². The lowest BCUT2D eigenvalue weighted by molar-refractivity contribution is 0.0606. The maximum absolute atomic E-state index is 5.96. The van der Waals surface area contributed by atoms with E-state index in [1.807, 2.05) is 18.2 Å². The normalized spacial score (nSPS) is 24.6. The summed E-state index contributed by atoms with van der Waals surface area (Å²) in [4.78, 5) is 0. The smallest absolute Gasteiger partial charge is 0.0772 e. The largest absolute Gasteiger partial charge is 0.379 e. The molecule has 0 radical (unpaired) electrons. The first-order valence-corrected chi connectivity index (χ1v) is 7.41. The van der Waals surface area contributed by atoms with Crippen molar-refractivity contribution in [3.05, 3.63) is 26.8 Å². The van der Waals surface area contributed by atoms with E-state index in [-0.39, 0.29) is 0 Å². The average Bonchev–Trinajstić information content (AvgIpc) is 2.33. The summed E-state index contributed by atoms with van der Waals surface area (Å²) >= 11 is 8.27. The topological polar surface area (TPSA) is 21.3 Å². The molecule has 2 rings (SSSR count). The van der Waals surface area contributed by atoms with Crippen LogP contribution in [-0.2, 0) is 4.74 Å². The lowest BCUT2D eigenvalue weighted by Crippen LogP contribution is -2.37. The van der Waals surface area contributed by atoms with Gasteiger partial charge in [0.1, 0.15) is 0 Å². The van der Waals surface area contributed by atoms with Crippen LogP contribution in [0.3, 0.4) is 0 Å². The van der Waals surface area contributed by atoms with Crippen molar-refractivity contribution in [3.8, 4) is 0 Å². The van der Waals surface area contributed by atoms with Crippen molar-refractivity contribution in [2.75, 3.05) is 12.4 Å². The molecule has 1 fully saturated rings. The summed E-state index contributed by atoms with van der Waals surface area (Å²) in [5.74, 6) is 0. The van der Waals surface area contributed by atoms with E-state index in [1.165, 1.54) is 19.3 Å². The minimum Gasteiger partial charge on any atom is -0.379 e. The molecule has 0 saturated heterocycles. The molecular weight excluding hydrogens is 349 g/mol. The second-order valence-electron chi connectivity index (χ2n) is 4.43. The Morgan fingerprint density at radius 2 is 2.12 bits per heavy atom. The summed E-state index contributed by atoms with van der Waals surface area (Å²) in [5.41, 5.74) is 1.16. The number of benzene rings is 1. The number of hydrogen-bond donors (Lipinski definition) is 1. The van der Waals surface area contributed by atoms with Crippen LogP contribution in [0.4, 0.5) is 5.69 Å². The SMILES string of the molecule is COC1CCCCC1Nc1ccc(Cl)cc1I. The van der Waals surface area contributed by atoms with Crippen LogP contribution < -0.4 is 5.32 Å². The van der Waals surface area contributed by atoms with Crippen LogP contribution >= 0.6 is 34.2 Å². The van der Waals surface area contributed by atoms with Crippen molar-refractivity contribution in [1.82, 2.24) is 0 Å². The van der Waals surface area contributed by atoms with Gasteiger partial charge in [-0.05, 0) is 53.6 Å². The zero-order chi connectivity index (χ0) is 12.3. The fourth-order valence-electron chi connectivity index (χ4n) is 2.35. The van der Waals surface area contributed by atoms with Crippen molar-refractivity contribution in [3.63, 3.8) is 0 Å². The van der Waals surface area contributed by atoms with E-state index < -0.39 is 0 Å². The number of rotatable bonds is 3. The van der Waals surface area contributed by atoms with Crippen molar-refractivity contribution in [2.45, 2.75) is 37.8 Å². The number of methoxy groups -OCH3 is 1. The molecule has 2 nitrogen and oxygen atoms in total. The Labute approximate surface area is 121 Å². The van der Waals surface area contributed by atoms with Gasteiger partial charge < -0.3 is 10.1 Å². The monoisotopic (exact) mass is 365 g/mol. The molecule has 94 valence electrons. The van der Waals surface area contributed by atoms with Crippen LogP contribution in [0.25, 0.3) is 0 Å². The highest BCUT2D eigenvalue weighted by atomic mass is 127. The fourth-order valence-corrected chi connectivity index (χ4v) is 3.38. The fraction of sp³-hybridized carbons (Fsp3) is 0.538. The van der Waals surface area contributed by atoms with Gasteiger partial charge in [0.15, 0.2) is 0 Å². The number of anilines is 1. The third-order valence-electron chi connectivity index (χ3n) is 3.28. The first-order valence-electron chi connectivity index (χ1n) is 5.95. The summed E-state index contributed by atoms with van der Waals surface area (Å²) in [6.07, 6.45) is 5.21. The third-order valence-corrected chi connectivity index (χ3v) is 4.40. The number of nitrogens with one attached hydrogen (secondary N) is 1. The van der Waals surface area contributed by atoms with Crippen LogP contribution in [0, 0.1) is 3.57 Å². The average molecular weight is 366 g/mol. The maximum Gasteiger partial charge on any atom is 0.0772 e. The molecule has 1 aromatic carbocycles. The van der Waals surface area contributed by atoms with Crippen LogP contribution in [0.1, 0.15) is 25.7 Å². The Bertz CT molecular complexity index is 386. The zero-order valence-electron chi connectivity index (χ0n) is 9.88. The molecule has 1 aromatic rings. The molecule has 2 atom stereocenters. The highest BCUT2D eigenvalue weighted by Crippen LogP contribution is 2.28. The number of hydrogen-bond acceptors (Lipinski definition) is 2. The number of halogens is 2. The van der Waals surface area contributed by atoms with Gasteiger partial charge in [0.2, 0.25) is 0 Å². The Kier molecular flexibility index (Phi) is 4.94. The van der Waals surface area contributed by atoms with E-state index in [9.17, 15) is 0 Å².